The van der Waals surface area contributed by atoms with Gasteiger partial charge in [-0.25, -0.2) is 9.59 Å². The van der Waals surface area contributed by atoms with E-state index in [4.69, 9.17) is 25.8 Å². The second-order valence-electron chi connectivity index (χ2n) is 7.08. The Balaban J connectivity index is 1.75. The van der Waals surface area contributed by atoms with Crippen molar-refractivity contribution < 1.29 is 33.7 Å². The highest BCUT2D eigenvalue weighted by Crippen LogP contribution is 2.18. The SMILES string of the molecule is CC=CC(=O)OCCCCOCC(O)COC(=O)c1ccccc1C(=O)c1ccc(Cl)cc1. The molecule has 0 bridgehead atoms. The van der Waals surface area contributed by atoms with Gasteiger partial charge in [0.25, 0.3) is 0 Å². The molecule has 0 saturated carbocycles. The van der Waals surface area contributed by atoms with Crippen LogP contribution in [0.4, 0.5) is 0 Å². The van der Waals surface area contributed by atoms with Gasteiger partial charge >= 0.3 is 11.9 Å². The van der Waals surface area contributed by atoms with Gasteiger partial charge in [0.2, 0.25) is 0 Å². The fraction of sp³-hybridized carbons (Fsp3) is 0.320. The number of halogens is 1. The van der Waals surface area contributed by atoms with Crippen LogP contribution in [0.2, 0.25) is 5.02 Å². The zero-order valence-corrected chi connectivity index (χ0v) is 19.1. The Hall–Kier alpha value is -3.00. The summed E-state index contributed by atoms with van der Waals surface area (Å²) < 4.78 is 15.5. The van der Waals surface area contributed by atoms with Crippen LogP contribution in [0, 0.1) is 0 Å². The van der Waals surface area contributed by atoms with E-state index >= 15 is 0 Å². The van der Waals surface area contributed by atoms with Gasteiger partial charge in [0.1, 0.15) is 12.7 Å². The van der Waals surface area contributed by atoms with Gasteiger partial charge in [0, 0.05) is 28.8 Å². The summed E-state index contributed by atoms with van der Waals surface area (Å²) in [6.07, 6.45) is 3.22. The molecule has 0 spiro atoms. The van der Waals surface area contributed by atoms with Crippen molar-refractivity contribution in [2.45, 2.75) is 25.9 Å². The number of ketones is 1. The zero-order valence-electron chi connectivity index (χ0n) is 18.4. The van der Waals surface area contributed by atoms with Gasteiger partial charge in [-0.15, -0.1) is 0 Å². The first-order valence-corrected chi connectivity index (χ1v) is 10.9. The lowest BCUT2D eigenvalue weighted by atomic mass is 9.98. The summed E-state index contributed by atoms with van der Waals surface area (Å²) in [7, 11) is 0. The van der Waals surface area contributed by atoms with Gasteiger partial charge in [-0.1, -0.05) is 35.9 Å². The Labute approximate surface area is 197 Å². The van der Waals surface area contributed by atoms with Crippen LogP contribution < -0.4 is 0 Å². The number of hydrogen-bond acceptors (Lipinski definition) is 7. The lowest BCUT2D eigenvalue weighted by Crippen LogP contribution is -2.24. The minimum Gasteiger partial charge on any atom is -0.463 e. The molecular formula is C25H27ClO7. The van der Waals surface area contributed by atoms with Crippen molar-refractivity contribution in [1.29, 1.82) is 0 Å². The molecule has 0 aliphatic heterocycles. The molecule has 176 valence electrons. The largest absolute Gasteiger partial charge is 0.463 e. The summed E-state index contributed by atoms with van der Waals surface area (Å²) in [5.74, 6) is -1.43. The van der Waals surface area contributed by atoms with Gasteiger partial charge in [0.15, 0.2) is 5.78 Å². The van der Waals surface area contributed by atoms with E-state index < -0.39 is 12.1 Å². The molecule has 0 saturated heterocycles. The molecule has 2 aromatic rings. The summed E-state index contributed by atoms with van der Waals surface area (Å²) >= 11 is 5.87. The number of carbonyl (C=O) groups is 3. The second-order valence-corrected chi connectivity index (χ2v) is 7.52. The standard InChI is InChI=1S/C25H27ClO7/c1-2-7-23(28)32-15-6-5-14-31-16-20(27)17-33-25(30)22-9-4-3-8-21(22)24(29)18-10-12-19(26)13-11-18/h2-4,7-13,20,27H,5-6,14-17H2,1H3. The van der Waals surface area contributed by atoms with Crippen LogP contribution in [0.15, 0.2) is 60.7 Å². The van der Waals surface area contributed by atoms with Gasteiger partial charge < -0.3 is 19.3 Å². The van der Waals surface area contributed by atoms with Crippen LogP contribution >= 0.6 is 11.6 Å². The van der Waals surface area contributed by atoms with Crippen molar-refractivity contribution in [1.82, 2.24) is 0 Å². The van der Waals surface area contributed by atoms with Gasteiger partial charge in [-0.2, -0.15) is 0 Å². The number of allylic oxidation sites excluding steroid dienone is 1. The zero-order chi connectivity index (χ0) is 24.1. The topological polar surface area (TPSA) is 99.1 Å². The molecule has 0 aromatic heterocycles. The minimum absolute atomic E-state index is 0.0169. The summed E-state index contributed by atoms with van der Waals surface area (Å²) in [5, 5.41) is 10.5. The summed E-state index contributed by atoms with van der Waals surface area (Å²) in [6.45, 7) is 2.10. The monoisotopic (exact) mass is 474 g/mol. The third-order valence-electron chi connectivity index (χ3n) is 4.45. The fourth-order valence-electron chi connectivity index (χ4n) is 2.80. The van der Waals surface area contributed by atoms with E-state index in [0.29, 0.717) is 36.6 Å². The Morgan fingerprint density at radius 3 is 2.30 bits per heavy atom. The van der Waals surface area contributed by atoms with E-state index in [-0.39, 0.29) is 36.1 Å². The van der Waals surface area contributed by atoms with E-state index in [2.05, 4.69) is 0 Å². The van der Waals surface area contributed by atoms with Crippen molar-refractivity contribution in [2.24, 2.45) is 0 Å². The van der Waals surface area contributed by atoms with Crippen LogP contribution in [-0.2, 0) is 19.0 Å². The summed E-state index contributed by atoms with van der Waals surface area (Å²) in [6, 6.07) is 12.7. The van der Waals surface area contributed by atoms with Crippen molar-refractivity contribution in [3.8, 4) is 0 Å². The highest BCUT2D eigenvalue weighted by atomic mass is 35.5. The first-order valence-electron chi connectivity index (χ1n) is 10.5. The molecule has 2 rings (SSSR count). The molecule has 0 fully saturated rings. The molecule has 0 aliphatic rings. The molecule has 1 atom stereocenters. The Morgan fingerprint density at radius 1 is 0.939 bits per heavy atom. The molecule has 1 N–H and O–H groups in total. The maximum Gasteiger partial charge on any atom is 0.338 e. The maximum atomic E-state index is 12.8. The van der Waals surface area contributed by atoms with Crippen molar-refractivity contribution in [3.63, 3.8) is 0 Å². The first-order chi connectivity index (χ1) is 15.9. The normalized spacial score (nSPS) is 11.8. The van der Waals surface area contributed by atoms with E-state index in [1.54, 1.807) is 55.5 Å². The second kappa shape index (κ2) is 14.2. The van der Waals surface area contributed by atoms with Gasteiger partial charge in [-0.3, -0.25) is 4.79 Å². The van der Waals surface area contributed by atoms with E-state index in [1.807, 2.05) is 0 Å². The molecule has 2 aromatic carbocycles. The number of ether oxygens (including phenoxy) is 3. The smallest absolute Gasteiger partial charge is 0.338 e. The molecule has 0 aliphatic carbocycles. The van der Waals surface area contributed by atoms with Gasteiger partial charge in [-0.05, 0) is 50.1 Å². The number of benzene rings is 2. The van der Waals surface area contributed by atoms with E-state index in [1.165, 1.54) is 12.1 Å². The first kappa shape index (κ1) is 26.3. The lowest BCUT2D eigenvalue weighted by molar-refractivity contribution is -0.137. The number of rotatable bonds is 13. The summed E-state index contributed by atoms with van der Waals surface area (Å²) in [5.41, 5.74) is 0.702. The number of esters is 2. The van der Waals surface area contributed by atoms with Crippen molar-refractivity contribution in [2.75, 3.05) is 26.4 Å². The quantitative estimate of drug-likeness (QED) is 0.203. The highest BCUT2D eigenvalue weighted by molar-refractivity contribution is 6.30. The molecule has 1 unspecified atom stereocenters. The highest BCUT2D eigenvalue weighted by Gasteiger charge is 2.20. The number of carbonyl (C=O) groups excluding carboxylic acids is 3. The third-order valence-corrected chi connectivity index (χ3v) is 4.70. The predicted octanol–water partition coefficient (Wildman–Crippen LogP) is 4.00. The van der Waals surface area contributed by atoms with Crippen LogP contribution in [0.25, 0.3) is 0 Å². The lowest BCUT2D eigenvalue weighted by Gasteiger charge is -2.13. The number of unbranched alkanes of at least 4 members (excludes halogenated alkanes) is 1. The average Bonchev–Trinajstić information content (AvgIpc) is 2.82. The maximum absolute atomic E-state index is 12.8. The molecular weight excluding hydrogens is 448 g/mol. The van der Waals surface area contributed by atoms with Crippen LogP contribution in [0.3, 0.4) is 0 Å². The van der Waals surface area contributed by atoms with Crippen LogP contribution in [0.5, 0.6) is 0 Å². The van der Waals surface area contributed by atoms with Crippen LogP contribution in [-0.4, -0.2) is 55.4 Å². The Kier molecular flexibility index (Phi) is 11.3. The van der Waals surface area contributed by atoms with Crippen LogP contribution in [0.1, 0.15) is 46.0 Å². The fourth-order valence-corrected chi connectivity index (χ4v) is 2.92. The molecule has 8 heteroatoms. The van der Waals surface area contributed by atoms with E-state index in [9.17, 15) is 19.5 Å². The van der Waals surface area contributed by atoms with Crippen molar-refractivity contribution in [3.05, 3.63) is 82.4 Å². The van der Waals surface area contributed by atoms with Gasteiger partial charge in [0.05, 0.1) is 18.8 Å². The average molecular weight is 475 g/mol. The Morgan fingerprint density at radius 2 is 1.61 bits per heavy atom. The number of aliphatic hydroxyl groups is 1. The number of aliphatic hydroxyl groups excluding tert-OH is 1. The van der Waals surface area contributed by atoms with Crippen molar-refractivity contribution >= 4 is 29.3 Å². The Bertz CT molecular complexity index is 953. The molecule has 0 radical (unpaired) electrons. The third kappa shape index (κ3) is 9.18. The minimum atomic E-state index is -1.01. The predicted molar refractivity (Wildman–Crippen MR) is 123 cm³/mol. The molecule has 0 amide bonds. The van der Waals surface area contributed by atoms with E-state index in [0.717, 1.165) is 0 Å². The molecule has 0 heterocycles. The number of hydrogen-bond donors (Lipinski definition) is 1. The summed E-state index contributed by atoms with van der Waals surface area (Å²) in [4.78, 5) is 36.5. The molecule has 33 heavy (non-hydrogen) atoms. The molecule has 7 nitrogen and oxygen atoms in total.